The summed E-state index contributed by atoms with van der Waals surface area (Å²) in [5, 5.41) is 11.6. The highest BCUT2D eigenvalue weighted by atomic mass is 16.6. The van der Waals surface area contributed by atoms with Crippen molar-refractivity contribution in [1.29, 1.82) is 0 Å². The van der Waals surface area contributed by atoms with Gasteiger partial charge in [-0.1, -0.05) is 5.92 Å². The summed E-state index contributed by atoms with van der Waals surface area (Å²) in [4.78, 5) is 11.3. The fraction of sp³-hybridized carbons (Fsp3) is 0.727. The molecule has 2 N–H and O–H groups in total. The van der Waals surface area contributed by atoms with E-state index in [1.54, 1.807) is 27.7 Å². The normalized spacial score (nSPS) is 14.9. The molecule has 4 heteroatoms. The Morgan fingerprint density at radius 3 is 2.47 bits per heavy atom. The third-order valence-corrected chi connectivity index (χ3v) is 1.47. The lowest BCUT2D eigenvalue weighted by Crippen LogP contribution is -2.39. The van der Waals surface area contributed by atoms with Gasteiger partial charge in [0.25, 0.3) is 0 Å². The molecule has 0 aliphatic carbocycles. The number of hydrogen-bond acceptors (Lipinski definition) is 3. The third-order valence-electron chi connectivity index (χ3n) is 1.47. The van der Waals surface area contributed by atoms with Crippen molar-refractivity contribution in [3.8, 4) is 12.3 Å². The van der Waals surface area contributed by atoms with Crippen LogP contribution in [0.1, 0.15) is 34.1 Å². The first-order valence-corrected chi connectivity index (χ1v) is 4.88. The highest BCUT2D eigenvalue weighted by Crippen LogP contribution is 2.07. The molecule has 0 radical (unpaired) electrons. The van der Waals surface area contributed by atoms with Gasteiger partial charge in [0.05, 0.1) is 12.1 Å². The number of aliphatic hydroxyl groups excluding tert-OH is 1. The van der Waals surface area contributed by atoms with Gasteiger partial charge in [-0.3, -0.25) is 0 Å². The molecule has 15 heavy (non-hydrogen) atoms. The number of ether oxygens (including phenoxy) is 1. The van der Waals surface area contributed by atoms with Gasteiger partial charge < -0.3 is 15.2 Å². The molecule has 0 saturated heterocycles. The molecule has 86 valence electrons. The Bertz CT molecular complexity index is 248. The number of rotatable bonds is 3. The minimum Gasteiger partial charge on any atom is -0.444 e. The van der Waals surface area contributed by atoms with E-state index in [1.807, 2.05) is 0 Å². The Hall–Kier alpha value is -1.21. The Morgan fingerprint density at radius 1 is 1.60 bits per heavy atom. The van der Waals surface area contributed by atoms with Crippen molar-refractivity contribution in [2.75, 3.05) is 0 Å². The van der Waals surface area contributed by atoms with E-state index in [0.717, 1.165) is 0 Å². The Balaban J connectivity index is 4.10. The van der Waals surface area contributed by atoms with Crippen LogP contribution in [0.25, 0.3) is 0 Å². The van der Waals surface area contributed by atoms with Crippen molar-refractivity contribution in [3.05, 3.63) is 0 Å². The first kappa shape index (κ1) is 13.8. The highest BCUT2D eigenvalue weighted by molar-refractivity contribution is 5.68. The fourth-order valence-corrected chi connectivity index (χ4v) is 0.960. The Morgan fingerprint density at radius 2 is 2.13 bits per heavy atom. The van der Waals surface area contributed by atoms with Crippen LogP contribution in [0, 0.1) is 12.3 Å². The molecule has 0 aliphatic rings. The summed E-state index contributed by atoms with van der Waals surface area (Å²) < 4.78 is 5.02. The first-order chi connectivity index (χ1) is 6.74. The molecular formula is C11H19NO3. The maximum absolute atomic E-state index is 11.3. The molecule has 0 unspecified atom stereocenters. The van der Waals surface area contributed by atoms with Gasteiger partial charge in [-0.25, -0.2) is 4.79 Å². The van der Waals surface area contributed by atoms with Crippen molar-refractivity contribution in [3.63, 3.8) is 0 Å². The minimum atomic E-state index is -0.564. The molecule has 0 aliphatic heterocycles. The zero-order valence-electron chi connectivity index (χ0n) is 9.70. The summed E-state index contributed by atoms with van der Waals surface area (Å²) in [7, 11) is 0. The largest absolute Gasteiger partial charge is 0.444 e. The van der Waals surface area contributed by atoms with Gasteiger partial charge in [0, 0.05) is 6.42 Å². The van der Waals surface area contributed by atoms with Crippen LogP contribution < -0.4 is 5.32 Å². The maximum Gasteiger partial charge on any atom is 0.408 e. The summed E-state index contributed by atoms with van der Waals surface area (Å²) in [6, 6.07) is -0.500. The number of terminal acetylenes is 1. The van der Waals surface area contributed by atoms with Crippen LogP contribution in [0.3, 0.4) is 0 Å². The van der Waals surface area contributed by atoms with Crippen LogP contribution in [0.15, 0.2) is 0 Å². The van der Waals surface area contributed by atoms with Crippen molar-refractivity contribution in [2.24, 2.45) is 0 Å². The SMILES string of the molecule is C#C[C@H](C[C@@H](C)O)NC(=O)OC(C)(C)C. The van der Waals surface area contributed by atoms with E-state index < -0.39 is 23.8 Å². The minimum absolute atomic E-state index is 0.315. The number of aliphatic hydroxyl groups is 1. The van der Waals surface area contributed by atoms with Gasteiger partial charge in [-0.15, -0.1) is 6.42 Å². The number of amides is 1. The van der Waals surface area contributed by atoms with Gasteiger partial charge >= 0.3 is 6.09 Å². The van der Waals surface area contributed by atoms with Gasteiger partial charge in [0.1, 0.15) is 5.60 Å². The number of alkyl carbamates (subject to hydrolysis) is 1. The molecule has 0 heterocycles. The number of carbonyl (C=O) groups is 1. The molecule has 0 aromatic rings. The van der Waals surface area contributed by atoms with Crippen LogP contribution in [0.2, 0.25) is 0 Å². The summed E-state index contributed by atoms with van der Waals surface area (Å²) in [6.07, 6.45) is 4.40. The average molecular weight is 213 g/mol. The Labute approximate surface area is 91.0 Å². The third kappa shape index (κ3) is 7.83. The maximum atomic E-state index is 11.3. The Kier molecular flexibility index (Phi) is 5.16. The van der Waals surface area contributed by atoms with E-state index in [-0.39, 0.29) is 0 Å². The monoisotopic (exact) mass is 213 g/mol. The van der Waals surface area contributed by atoms with E-state index in [2.05, 4.69) is 11.2 Å². The molecule has 4 nitrogen and oxygen atoms in total. The molecule has 0 aromatic heterocycles. The lowest BCUT2D eigenvalue weighted by atomic mass is 10.1. The number of carbonyl (C=O) groups excluding carboxylic acids is 1. The molecule has 2 atom stereocenters. The summed E-state index contributed by atoms with van der Waals surface area (Å²) in [6.45, 7) is 6.92. The van der Waals surface area contributed by atoms with Crippen LogP contribution >= 0.6 is 0 Å². The second-order valence-electron chi connectivity index (χ2n) is 4.45. The highest BCUT2D eigenvalue weighted by Gasteiger charge is 2.19. The lowest BCUT2D eigenvalue weighted by molar-refractivity contribution is 0.0504. The fourth-order valence-electron chi connectivity index (χ4n) is 0.960. The topological polar surface area (TPSA) is 58.6 Å². The molecular weight excluding hydrogens is 194 g/mol. The smallest absolute Gasteiger partial charge is 0.408 e. The standard InChI is InChI=1S/C11H19NO3/c1-6-9(7-8(2)13)12-10(14)15-11(3,4)5/h1,8-9,13H,7H2,2-5H3,(H,12,14)/t8-,9-/m1/s1. The van der Waals surface area contributed by atoms with Gasteiger partial charge in [0.15, 0.2) is 0 Å². The number of hydrogen-bond donors (Lipinski definition) is 2. The number of nitrogens with one attached hydrogen (secondary N) is 1. The zero-order chi connectivity index (χ0) is 12.1. The summed E-state index contributed by atoms with van der Waals surface area (Å²) in [5.41, 5.74) is -0.548. The average Bonchev–Trinajstić information content (AvgIpc) is 1.98. The molecule has 0 saturated carbocycles. The van der Waals surface area contributed by atoms with Crippen molar-refractivity contribution in [1.82, 2.24) is 5.32 Å². The van der Waals surface area contributed by atoms with E-state index in [0.29, 0.717) is 6.42 Å². The van der Waals surface area contributed by atoms with E-state index in [9.17, 15) is 4.79 Å². The van der Waals surface area contributed by atoms with Crippen molar-refractivity contribution >= 4 is 6.09 Å². The van der Waals surface area contributed by atoms with Crippen molar-refractivity contribution in [2.45, 2.75) is 51.9 Å². The van der Waals surface area contributed by atoms with Crippen molar-refractivity contribution < 1.29 is 14.6 Å². The summed E-state index contributed by atoms with van der Waals surface area (Å²) in [5.74, 6) is 2.38. The summed E-state index contributed by atoms with van der Waals surface area (Å²) >= 11 is 0. The predicted octanol–water partition coefficient (Wildman–Crippen LogP) is 1.28. The van der Waals surface area contributed by atoms with E-state index in [1.165, 1.54) is 0 Å². The predicted molar refractivity (Wildman–Crippen MR) is 58.3 cm³/mol. The molecule has 0 fully saturated rings. The quantitative estimate of drug-likeness (QED) is 0.694. The van der Waals surface area contributed by atoms with E-state index >= 15 is 0 Å². The molecule has 1 amide bonds. The second-order valence-corrected chi connectivity index (χ2v) is 4.45. The van der Waals surface area contributed by atoms with Crippen LogP contribution in [0.4, 0.5) is 4.79 Å². The first-order valence-electron chi connectivity index (χ1n) is 4.88. The zero-order valence-corrected chi connectivity index (χ0v) is 9.70. The second kappa shape index (κ2) is 5.62. The van der Waals surface area contributed by atoms with Gasteiger partial charge in [-0.05, 0) is 27.7 Å². The van der Waals surface area contributed by atoms with Crippen LogP contribution in [-0.2, 0) is 4.74 Å². The van der Waals surface area contributed by atoms with Crippen LogP contribution in [0.5, 0.6) is 0 Å². The molecule has 0 aromatic carbocycles. The van der Waals surface area contributed by atoms with Gasteiger partial charge in [-0.2, -0.15) is 0 Å². The van der Waals surface area contributed by atoms with Crippen LogP contribution in [-0.4, -0.2) is 28.9 Å². The molecule has 0 bridgehead atoms. The molecule has 0 spiro atoms. The lowest BCUT2D eigenvalue weighted by Gasteiger charge is -2.22. The molecule has 0 rings (SSSR count). The van der Waals surface area contributed by atoms with Gasteiger partial charge in [0.2, 0.25) is 0 Å². The van der Waals surface area contributed by atoms with E-state index in [4.69, 9.17) is 16.3 Å².